The van der Waals surface area contributed by atoms with E-state index in [0.717, 1.165) is 11.1 Å². The number of nitrogens with zero attached hydrogens (tertiary/aromatic N) is 3. The maximum atomic E-state index is 11.5. The average Bonchev–Trinajstić information content (AvgIpc) is 3.08. The summed E-state index contributed by atoms with van der Waals surface area (Å²) in [4.78, 5) is 11.5. The number of aryl methyl sites for hydroxylation is 1. The highest BCUT2D eigenvalue weighted by Gasteiger charge is 2.08. The zero-order valence-electron chi connectivity index (χ0n) is 16.2. The summed E-state index contributed by atoms with van der Waals surface area (Å²) in [6, 6.07) is 12.5. The second kappa shape index (κ2) is 9.16. The molecule has 0 amide bonds. The van der Waals surface area contributed by atoms with Crippen LogP contribution < -0.4 is 9.47 Å². The number of esters is 1. The van der Waals surface area contributed by atoms with E-state index in [9.17, 15) is 4.79 Å². The third-order valence-corrected chi connectivity index (χ3v) is 4.36. The van der Waals surface area contributed by atoms with Crippen LogP contribution in [0.4, 0.5) is 0 Å². The monoisotopic (exact) mass is 412 g/mol. The Labute approximate surface area is 172 Å². The van der Waals surface area contributed by atoms with Gasteiger partial charge in [-0.2, -0.15) is 14.9 Å². The summed E-state index contributed by atoms with van der Waals surface area (Å²) < 4.78 is 17.9. The number of H-pyrrole nitrogens is 1. The van der Waals surface area contributed by atoms with Crippen LogP contribution in [-0.4, -0.2) is 41.3 Å². The first-order chi connectivity index (χ1) is 14.0. The third kappa shape index (κ3) is 4.88. The molecule has 2 aromatic carbocycles. The Kier molecular flexibility index (Phi) is 6.40. The number of carbonyl (C=O) groups excluding carboxylic acids is 1. The maximum absolute atomic E-state index is 11.5. The molecule has 0 aliphatic rings. The summed E-state index contributed by atoms with van der Waals surface area (Å²) in [6.45, 7) is 2.13. The van der Waals surface area contributed by atoms with Crippen LogP contribution in [0.25, 0.3) is 0 Å². The number of ether oxygens (including phenoxy) is 3. The zero-order valence-corrected chi connectivity index (χ0v) is 17.0. The van der Waals surface area contributed by atoms with Crippen LogP contribution in [0.15, 0.2) is 47.6 Å². The normalized spacial score (nSPS) is 10.9. The Bertz CT molecular complexity index is 1090. The van der Waals surface area contributed by atoms with E-state index in [2.05, 4.69) is 15.3 Å². The second-order valence-corrected chi connectivity index (χ2v) is 6.41. The smallest absolute Gasteiger partial charge is 0.337 e. The number of hydrogen-bond acceptors (Lipinski definition) is 7. The number of aromatic amines is 1. The lowest BCUT2D eigenvalue weighted by atomic mass is 10.1. The van der Waals surface area contributed by atoms with Crippen LogP contribution in [-0.2, 0) is 11.3 Å². The van der Waals surface area contributed by atoms with Gasteiger partial charge in [-0.1, -0.05) is 12.1 Å². The first kappa shape index (κ1) is 20.3. The summed E-state index contributed by atoms with van der Waals surface area (Å²) in [5.41, 5.74) is 2.22. The molecule has 3 aromatic rings. The van der Waals surface area contributed by atoms with Crippen LogP contribution in [0.2, 0.25) is 0 Å². The minimum Gasteiger partial charge on any atom is -0.493 e. The van der Waals surface area contributed by atoms with Gasteiger partial charge in [0.05, 0.1) is 26.0 Å². The van der Waals surface area contributed by atoms with Crippen LogP contribution in [0, 0.1) is 11.7 Å². The van der Waals surface area contributed by atoms with Gasteiger partial charge in [-0.05, 0) is 60.6 Å². The summed E-state index contributed by atoms with van der Waals surface area (Å²) >= 11 is 5.13. The van der Waals surface area contributed by atoms with Crippen molar-refractivity contribution in [3.05, 3.63) is 69.8 Å². The highest BCUT2D eigenvalue weighted by molar-refractivity contribution is 7.71. The number of hydrogen-bond donors (Lipinski definition) is 1. The van der Waals surface area contributed by atoms with Crippen molar-refractivity contribution in [1.82, 2.24) is 14.9 Å². The molecule has 0 aliphatic heterocycles. The molecule has 0 saturated carbocycles. The standard InChI is InChI=1S/C20H20N4O4S/c1-13-22-23-20(29)24(13)21-11-15-6-9-17(18(10-15)26-2)28-12-14-4-7-16(8-5-14)19(25)27-3/h4-11H,12H2,1-3H3,(H,23,29)/b21-11-. The Morgan fingerprint density at radius 3 is 2.59 bits per heavy atom. The van der Waals surface area contributed by atoms with E-state index >= 15 is 0 Å². The van der Waals surface area contributed by atoms with Crippen molar-refractivity contribution < 1.29 is 19.0 Å². The molecule has 150 valence electrons. The quantitative estimate of drug-likeness (QED) is 0.363. The summed E-state index contributed by atoms with van der Waals surface area (Å²) in [7, 11) is 2.93. The predicted molar refractivity (Wildman–Crippen MR) is 110 cm³/mol. The van der Waals surface area contributed by atoms with Crippen molar-refractivity contribution in [3.8, 4) is 11.5 Å². The van der Waals surface area contributed by atoms with E-state index in [-0.39, 0.29) is 5.97 Å². The van der Waals surface area contributed by atoms with Crippen LogP contribution in [0.1, 0.15) is 27.3 Å². The SMILES string of the molecule is COC(=O)c1ccc(COc2ccc(/C=N\n3c(C)n[nH]c3=S)cc2OC)cc1. The lowest BCUT2D eigenvalue weighted by Gasteiger charge is -2.11. The molecule has 29 heavy (non-hydrogen) atoms. The molecule has 0 spiro atoms. The molecule has 0 radical (unpaired) electrons. The van der Waals surface area contributed by atoms with E-state index in [1.165, 1.54) is 11.8 Å². The molecule has 0 bridgehead atoms. The minimum absolute atomic E-state index is 0.328. The van der Waals surface area contributed by atoms with Crippen molar-refractivity contribution in [2.45, 2.75) is 13.5 Å². The van der Waals surface area contributed by atoms with Gasteiger partial charge < -0.3 is 14.2 Å². The Balaban J connectivity index is 1.70. The van der Waals surface area contributed by atoms with Gasteiger partial charge in [0.15, 0.2) is 11.5 Å². The van der Waals surface area contributed by atoms with E-state index < -0.39 is 0 Å². The van der Waals surface area contributed by atoms with Crippen molar-refractivity contribution in [1.29, 1.82) is 0 Å². The topological polar surface area (TPSA) is 90.7 Å². The Morgan fingerprint density at radius 2 is 1.97 bits per heavy atom. The fourth-order valence-electron chi connectivity index (χ4n) is 2.53. The molecule has 3 rings (SSSR count). The van der Waals surface area contributed by atoms with Gasteiger partial charge in [0.2, 0.25) is 4.77 Å². The van der Waals surface area contributed by atoms with Crippen LogP contribution in [0.5, 0.6) is 11.5 Å². The summed E-state index contributed by atoms with van der Waals surface area (Å²) in [5, 5.41) is 11.0. The third-order valence-electron chi connectivity index (χ3n) is 4.09. The molecule has 0 fully saturated rings. The van der Waals surface area contributed by atoms with Gasteiger partial charge in [-0.25, -0.2) is 4.79 Å². The minimum atomic E-state index is -0.372. The van der Waals surface area contributed by atoms with E-state index in [0.29, 0.717) is 34.3 Å². The van der Waals surface area contributed by atoms with Crippen LogP contribution >= 0.6 is 12.2 Å². The number of nitrogens with one attached hydrogen (secondary N) is 1. The van der Waals surface area contributed by atoms with Gasteiger partial charge in [0.1, 0.15) is 12.4 Å². The molecule has 0 atom stereocenters. The highest BCUT2D eigenvalue weighted by Crippen LogP contribution is 2.28. The Morgan fingerprint density at radius 1 is 1.21 bits per heavy atom. The molecule has 9 heteroatoms. The summed E-state index contributed by atoms with van der Waals surface area (Å²) in [6.07, 6.45) is 1.66. The highest BCUT2D eigenvalue weighted by atomic mass is 32.1. The lowest BCUT2D eigenvalue weighted by molar-refractivity contribution is 0.0600. The zero-order chi connectivity index (χ0) is 20.8. The predicted octanol–water partition coefficient (Wildman–Crippen LogP) is 3.51. The first-order valence-corrected chi connectivity index (χ1v) is 9.09. The molecule has 1 heterocycles. The molecule has 8 nitrogen and oxygen atoms in total. The van der Waals surface area contributed by atoms with Gasteiger partial charge in [-0.3, -0.25) is 5.10 Å². The number of carbonyl (C=O) groups is 1. The molecule has 0 unspecified atom stereocenters. The number of aromatic nitrogens is 3. The molecule has 1 N–H and O–H groups in total. The Hall–Kier alpha value is -3.46. The fraction of sp³-hybridized carbons (Fsp3) is 0.200. The van der Waals surface area contributed by atoms with Crippen LogP contribution in [0.3, 0.4) is 0 Å². The second-order valence-electron chi connectivity index (χ2n) is 6.02. The van der Waals surface area contributed by atoms with Gasteiger partial charge in [0.25, 0.3) is 0 Å². The van der Waals surface area contributed by atoms with E-state index in [1.54, 1.807) is 32.4 Å². The van der Waals surface area contributed by atoms with E-state index in [1.807, 2.05) is 30.3 Å². The number of methoxy groups -OCH3 is 2. The molecule has 0 aliphatic carbocycles. The van der Waals surface area contributed by atoms with Crippen molar-refractivity contribution >= 4 is 24.4 Å². The van der Waals surface area contributed by atoms with Crippen molar-refractivity contribution in [2.24, 2.45) is 5.10 Å². The summed E-state index contributed by atoms with van der Waals surface area (Å²) in [5.74, 6) is 1.46. The average molecular weight is 412 g/mol. The molecule has 1 aromatic heterocycles. The molecular weight excluding hydrogens is 392 g/mol. The van der Waals surface area contributed by atoms with Gasteiger partial charge in [0, 0.05) is 0 Å². The van der Waals surface area contributed by atoms with Gasteiger partial charge in [-0.15, -0.1) is 0 Å². The fourth-order valence-corrected chi connectivity index (χ4v) is 2.76. The van der Waals surface area contributed by atoms with Gasteiger partial charge >= 0.3 is 5.97 Å². The first-order valence-electron chi connectivity index (χ1n) is 8.68. The molecular formula is C20H20N4O4S. The van der Waals surface area contributed by atoms with Crippen molar-refractivity contribution in [3.63, 3.8) is 0 Å². The lowest BCUT2D eigenvalue weighted by Crippen LogP contribution is -2.02. The molecule has 0 saturated heterocycles. The van der Waals surface area contributed by atoms with Crippen molar-refractivity contribution in [2.75, 3.05) is 14.2 Å². The maximum Gasteiger partial charge on any atom is 0.337 e. The largest absolute Gasteiger partial charge is 0.493 e. The number of rotatable bonds is 7. The number of benzene rings is 2. The van der Waals surface area contributed by atoms with E-state index in [4.69, 9.17) is 26.4 Å².